The predicted octanol–water partition coefficient (Wildman–Crippen LogP) is 15.6. The van der Waals surface area contributed by atoms with Crippen LogP contribution in [0.2, 0.25) is 36.3 Å². The van der Waals surface area contributed by atoms with Gasteiger partial charge >= 0.3 is 0 Å². The molecule has 4 unspecified atom stereocenters. The summed E-state index contributed by atoms with van der Waals surface area (Å²) in [5.74, 6) is 2.46. The Balaban J connectivity index is 0.000000594. The molecule has 4 saturated carbocycles. The molecule has 0 aromatic heterocycles. The number of hydrogen-bond acceptors (Lipinski definition) is 6. The van der Waals surface area contributed by atoms with Crippen molar-refractivity contribution in [1.82, 2.24) is 0 Å². The van der Waals surface area contributed by atoms with E-state index in [-0.39, 0.29) is 40.4 Å². The maximum Gasteiger partial charge on any atom is 0.192 e. The van der Waals surface area contributed by atoms with Gasteiger partial charge in [0.05, 0.1) is 11.2 Å². The molecular weight excluding hydrogens is 844 g/mol. The Morgan fingerprint density at radius 1 is 0.594 bits per heavy atom. The van der Waals surface area contributed by atoms with Crippen LogP contribution in [0.15, 0.2) is 0 Å². The fourth-order valence-corrected chi connectivity index (χ4v) is 15.9. The smallest absolute Gasteiger partial charge is 0.192 e. The van der Waals surface area contributed by atoms with Gasteiger partial charge in [-0.25, -0.2) is 0 Å². The summed E-state index contributed by atoms with van der Waals surface area (Å²) in [6, 6.07) is 0. The topological polar surface area (TPSA) is 96.2 Å². The second kappa shape index (κ2) is 24.0. The summed E-state index contributed by atoms with van der Waals surface area (Å²) in [7, 11) is -2.49. The first-order valence-electron chi connectivity index (χ1n) is 26.0. The number of carbonyl (C=O) groups excluding carboxylic acids is 1. The average Bonchev–Trinajstić information content (AvgIpc) is 3.65. The molecule has 0 heterocycles. The van der Waals surface area contributed by atoms with Gasteiger partial charge in [0.15, 0.2) is 16.6 Å². The van der Waals surface area contributed by atoms with Crippen molar-refractivity contribution in [2.24, 2.45) is 45.3 Å². The molecule has 0 spiro atoms. The summed E-state index contributed by atoms with van der Waals surface area (Å²) in [5, 5.41) is 30.8. The highest BCUT2D eigenvalue weighted by Crippen LogP contribution is 2.65. The van der Waals surface area contributed by atoms with E-state index in [9.17, 15) is 20.1 Å². The van der Waals surface area contributed by atoms with Gasteiger partial charge in [0, 0.05) is 25.2 Å². The molecule has 4 aliphatic rings. The van der Waals surface area contributed by atoms with Crippen LogP contribution < -0.4 is 0 Å². The van der Waals surface area contributed by atoms with Gasteiger partial charge in [-0.2, -0.15) is 0 Å². The molecular formula is C55H113O6PSi2. The second-order valence-electron chi connectivity index (χ2n) is 27.1. The molecule has 0 aromatic carbocycles. The zero-order valence-corrected chi connectivity index (χ0v) is 48.5. The van der Waals surface area contributed by atoms with Crippen LogP contribution in [-0.2, 0) is 13.6 Å². The first-order valence-corrected chi connectivity index (χ1v) is 33.8. The van der Waals surface area contributed by atoms with Crippen LogP contribution in [0.25, 0.3) is 0 Å². The Labute approximate surface area is 403 Å². The first kappa shape index (κ1) is 62.3. The lowest BCUT2D eigenvalue weighted by Gasteiger charge is -2.52. The van der Waals surface area contributed by atoms with Crippen molar-refractivity contribution in [1.29, 1.82) is 0 Å². The lowest BCUT2D eigenvalue weighted by atomic mass is 9.56. The monoisotopic (exact) mass is 957 g/mol. The second-order valence-corrected chi connectivity index (χ2v) is 37.6. The normalized spacial score (nSPS) is 30.9. The molecule has 0 bridgehead atoms. The molecule has 10 atom stereocenters. The Bertz CT molecular complexity index is 1380. The van der Waals surface area contributed by atoms with Gasteiger partial charge in [-0.1, -0.05) is 102 Å². The van der Waals surface area contributed by atoms with E-state index in [0.29, 0.717) is 47.7 Å². The minimum atomic E-state index is -1.79. The predicted molar refractivity (Wildman–Crippen MR) is 286 cm³/mol. The number of aldehydes is 1. The Kier molecular flexibility index (Phi) is 23.3. The third kappa shape index (κ3) is 16.2. The lowest BCUT2D eigenvalue weighted by molar-refractivity contribution is -0.112. The average molecular weight is 958 g/mol. The van der Waals surface area contributed by atoms with Crippen molar-refractivity contribution in [2.75, 3.05) is 19.9 Å². The zero-order valence-electron chi connectivity index (χ0n) is 45.5. The van der Waals surface area contributed by atoms with E-state index in [1.54, 1.807) is 0 Å². The molecule has 0 amide bonds. The van der Waals surface area contributed by atoms with Crippen LogP contribution in [-0.4, -0.2) is 81.6 Å². The number of aliphatic hydroxyl groups excluding tert-OH is 1. The summed E-state index contributed by atoms with van der Waals surface area (Å²) in [6.45, 7) is 45.6. The van der Waals surface area contributed by atoms with Gasteiger partial charge in [0.2, 0.25) is 0 Å². The van der Waals surface area contributed by atoms with Gasteiger partial charge < -0.3 is 29.0 Å². The summed E-state index contributed by atoms with van der Waals surface area (Å²) >= 11 is 0. The third-order valence-electron chi connectivity index (χ3n) is 18.6. The van der Waals surface area contributed by atoms with Crippen molar-refractivity contribution in [2.45, 2.75) is 280 Å². The Morgan fingerprint density at radius 2 is 0.938 bits per heavy atom. The highest BCUT2D eigenvalue weighted by molar-refractivity contribution is 7.35. The summed E-state index contributed by atoms with van der Waals surface area (Å²) in [6.07, 6.45) is 21.7. The molecule has 0 saturated heterocycles. The highest BCUT2D eigenvalue weighted by atomic mass is 31.1. The molecule has 0 radical (unpaired) electrons. The molecule has 4 rings (SSSR count). The molecule has 3 N–H and O–H groups in total. The minimum absolute atomic E-state index is 0. The molecule has 4 fully saturated rings. The summed E-state index contributed by atoms with van der Waals surface area (Å²) < 4.78 is 14.0. The van der Waals surface area contributed by atoms with Crippen LogP contribution in [0.3, 0.4) is 0 Å². The number of carbonyl (C=O) groups is 1. The number of aliphatic hydroxyl groups is 3. The van der Waals surface area contributed by atoms with E-state index in [0.717, 1.165) is 59.8 Å². The summed E-state index contributed by atoms with van der Waals surface area (Å²) in [5.41, 5.74) is -0.494. The zero-order chi connectivity index (χ0) is 48.7. The quantitative estimate of drug-likeness (QED) is 0.0720. The number of fused-ring (bicyclic) bond motifs is 2. The molecule has 0 aliphatic heterocycles. The molecule has 6 nitrogen and oxygen atoms in total. The van der Waals surface area contributed by atoms with Gasteiger partial charge in [-0.05, 0) is 206 Å². The van der Waals surface area contributed by atoms with E-state index in [2.05, 4.69) is 109 Å². The van der Waals surface area contributed by atoms with Crippen molar-refractivity contribution in [3.8, 4) is 0 Å². The van der Waals surface area contributed by atoms with Gasteiger partial charge in [-0.3, -0.25) is 0 Å². The number of hydrogen-bond donors (Lipinski definition) is 3. The van der Waals surface area contributed by atoms with Crippen LogP contribution in [0.4, 0.5) is 0 Å². The van der Waals surface area contributed by atoms with Crippen molar-refractivity contribution in [3.63, 3.8) is 0 Å². The van der Waals surface area contributed by atoms with Gasteiger partial charge in [0.25, 0.3) is 0 Å². The molecule has 0 aromatic rings. The van der Waals surface area contributed by atoms with Gasteiger partial charge in [-0.15, -0.1) is 8.58 Å². The van der Waals surface area contributed by atoms with Crippen LogP contribution in [0, 0.1) is 45.3 Å². The highest BCUT2D eigenvalue weighted by Gasteiger charge is 2.59. The molecule has 64 heavy (non-hydrogen) atoms. The minimum Gasteiger partial charge on any atom is -0.414 e. The fourth-order valence-electron chi connectivity index (χ4n) is 13.1. The van der Waals surface area contributed by atoms with Crippen LogP contribution >= 0.6 is 8.58 Å². The maximum atomic E-state index is 11.7. The molecule has 9 heteroatoms. The Hall–Kier alpha value is 0.334. The van der Waals surface area contributed by atoms with E-state index in [1.165, 1.54) is 64.2 Å². The maximum absolute atomic E-state index is 11.7. The van der Waals surface area contributed by atoms with Crippen molar-refractivity contribution >= 4 is 31.5 Å². The van der Waals surface area contributed by atoms with E-state index in [1.807, 2.05) is 27.7 Å². The first-order chi connectivity index (χ1) is 28.5. The SMILES string of the molecule is C.CC(C)(O)CCCC(C)(CC=O)[C@H]1CCC2[C@@H](O[Si](C)(C)C(C)(C)C)CCC[C@@]21C.CC(C)(O)CCCC(C)(CCO)[C@H]1CCC2[C@@H](O[Si](C)(C)C(C)(C)C)CCC[C@@]21C.CPC. The van der Waals surface area contributed by atoms with Crippen LogP contribution in [0.5, 0.6) is 0 Å². The van der Waals surface area contributed by atoms with Crippen molar-refractivity contribution < 1.29 is 29.0 Å². The molecule has 382 valence electrons. The number of rotatable bonds is 18. The van der Waals surface area contributed by atoms with E-state index < -0.39 is 27.8 Å². The Morgan fingerprint density at radius 3 is 1.25 bits per heavy atom. The lowest BCUT2D eigenvalue weighted by Crippen LogP contribution is -2.51. The van der Waals surface area contributed by atoms with E-state index in [4.69, 9.17) is 8.85 Å². The standard InChI is InChI=1S/C26H52O3Si.C26H50O3Si.C2H7P.CH4/c2*1-23(2,3)30(8,9)29-21-12-10-17-26(7)20(21)13-14-22(26)25(6,18-19-27)16-11-15-24(4,5)28;1-3-2;/h20-22,27-28H,10-19H2,1-9H3;19-22,28H,10-18H2,1-9H3;3H,1-2H3;1H4/t2*20?,21-,22+,25?,26-;;/m00../s1. The van der Waals surface area contributed by atoms with Crippen molar-refractivity contribution in [3.05, 3.63) is 0 Å². The van der Waals surface area contributed by atoms with Gasteiger partial charge in [0.1, 0.15) is 6.29 Å². The third-order valence-corrected chi connectivity index (χ3v) is 27.6. The van der Waals surface area contributed by atoms with Crippen LogP contribution in [0.1, 0.15) is 220 Å². The largest absolute Gasteiger partial charge is 0.414 e. The summed E-state index contributed by atoms with van der Waals surface area (Å²) in [4.78, 5) is 11.7. The molecule has 4 aliphatic carbocycles. The fraction of sp³-hybridized carbons (Fsp3) is 0.982. The van der Waals surface area contributed by atoms with E-state index >= 15 is 0 Å².